The predicted octanol–water partition coefficient (Wildman–Crippen LogP) is 3.92. The summed E-state index contributed by atoms with van der Waals surface area (Å²) < 4.78 is 24.8. The average Bonchev–Trinajstić information content (AvgIpc) is 2.75. The van der Waals surface area contributed by atoms with Gasteiger partial charge in [0.25, 0.3) is 0 Å². The maximum Gasteiger partial charge on any atom is 0.321 e. The van der Waals surface area contributed by atoms with Crippen LogP contribution in [0, 0.1) is 0 Å². The van der Waals surface area contributed by atoms with Crippen LogP contribution in [0.1, 0.15) is 11.2 Å². The molecule has 138 valence electrons. The summed E-state index contributed by atoms with van der Waals surface area (Å²) in [5.74, 6) is 0.132. The third kappa shape index (κ3) is 3.67. The van der Waals surface area contributed by atoms with Crippen molar-refractivity contribution in [1.29, 1.82) is 0 Å². The van der Waals surface area contributed by atoms with Crippen molar-refractivity contribution in [2.24, 2.45) is 0 Å². The van der Waals surface area contributed by atoms with Gasteiger partial charge in [-0.1, -0.05) is 72.8 Å². The molecule has 1 unspecified atom stereocenters. The third-order valence-electron chi connectivity index (χ3n) is 4.50. The van der Waals surface area contributed by atoms with E-state index in [1.54, 1.807) is 55.6 Å². The smallest absolute Gasteiger partial charge is 0.321 e. The lowest BCUT2D eigenvalue weighted by molar-refractivity contribution is -0.140. The van der Waals surface area contributed by atoms with E-state index in [2.05, 4.69) is 0 Å². The van der Waals surface area contributed by atoms with Crippen LogP contribution in [0.3, 0.4) is 0 Å². The van der Waals surface area contributed by atoms with Gasteiger partial charge in [0.15, 0.2) is 7.14 Å². The fourth-order valence-electron chi connectivity index (χ4n) is 3.14. The number of carbonyl (C=O) groups excluding carboxylic acids is 1. The normalized spacial score (nSPS) is 12.2. The van der Waals surface area contributed by atoms with Crippen molar-refractivity contribution < 1.29 is 18.8 Å². The van der Waals surface area contributed by atoms with Gasteiger partial charge < -0.3 is 14.0 Å². The van der Waals surface area contributed by atoms with Gasteiger partial charge in [-0.3, -0.25) is 4.79 Å². The largest absolute Gasteiger partial charge is 0.497 e. The standard InChI is InChI=1S/C22H21O4P/c1-25-18-15-13-17(14-16-18)21(22(23)26-2)27(24,19-9-5-3-6-10-19)20-11-7-4-8-12-20/h3-16,21H,1-2H3. The maximum absolute atomic E-state index is 14.5. The van der Waals surface area contributed by atoms with Crippen molar-refractivity contribution >= 4 is 23.7 Å². The lowest BCUT2D eigenvalue weighted by atomic mass is 10.1. The van der Waals surface area contributed by atoms with Crippen LogP contribution in [-0.4, -0.2) is 20.2 Å². The van der Waals surface area contributed by atoms with Crippen molar-refractivity contribution in [3.05, 3.63) is 90.5 Å². The van der Waals surface area contributed by atoms with Crippen LogP contribution in [0.15, 0.2) is 84.9 Å². The van der Waals surface area contributed by atoms with Gasteiger partial charge in [0, 0.05) is 10.6 Å². The maximum atomic E-state index is 14.5. The molecule has 0 amide bonds. The van der Waals surface area contributed by atoms with E-state index >= 15 is 0 Å². The molecule has 5 heteroatoms. The Bertz CT molecular complexity index is 894. The molecule has 27 heavy (non-hydrogen) atoms. The number of rotatable bonds is 6. The fourth-order valence-corrected chi connectivity index (χ4v) is 6.26. The second-order valence-corrected chi connectivity index (χ2v) is 8.89. The van der Waals surface area contributed by atoms with Crippen LogP contribution in [0.25, 0.3) is 0 Å². The first-order valence-corrected chi connectivity index (χ1v) is 10.3. The summed E-state index contributed by atoms with van der Waals surface area (Å²) in [4.78, 5) is 12.8. The summed E-state index contributed by atoms with van der Waals surface area (Å²) in [5, 5.41) is 1.23. The van der Waals surface area contributed by atoms with Crippen LogP contribution < -0.4 is 15.3 Å². The Morgan fingerprint density at radius 2 is 1.26 bits per heavy atom. The number of benzene rings is 3. The van der Waals surface area contributed by atoms with Gasteiger partial charge in [-0.25, -0.2) is 0 Å². The van der Waals surface area contributed by atoms with Gasteiger partial charge in [-0.15, -0.1) is 0 Å². The summed E-state index contributed by atoms with van der Waals surface area (Å²) in [6.07, 6.45) is 0. The zero-order chi connectivity index (χ0) is 19.3. The highest BCUT2D eigenvalue weighted by molar-refractivity contribution is 7.79. The Labute approximate surface area is 159 Å². The Morgan fingerprint density at radius 3 is 1.67 bits per heavy atom. The Morgan fingerprint density at radius 1 is 0.778 bits per heavy atom. The van der Waals surface area contributed by atoms with E-state index in [-0.39, 0.29) is 0 Å². The zero-order valence-electron chi connectivity index (χ0n) is 15.2. The molecule has 0 aromatic heterocycles. The zero-order valence-corrected chi connectivity index (χ0v) is 16.1. The number of carbonyl (C=O) groups is 1. The first-order valence-electron chi connectivity index (χ1n) is 8.54. The summed E-state index contributed by atoms with van der Waals surface area (Å²) in [5.41, 5.74) is -0.322. The molecule has 0 spiro atoms. The van der Waals surface area contributed by atoms with Crippen molar-refractivity contribution in [2.75, 3.05) is 14.2 Å². The number of ether oxygens (including phenoxy) is 2. The van der Waals surface area contributed by atoms with E-state index in [4.69, 9.17) is 9.47 Å². The molecule has 0 aliphatic heterocycles. The molecule has 0 saturated carbocycles. The van der Waals surface area contributed by atoms with E-state index < -0.39 is 18.8 Å². The van der Waals surface area contributed by atoms with E-state index in [0.29, 0.717) is 21.9 Å². The summed E-state index contributed by atoms with van der Waals surface area (Å²) >= 11 is 0. The molecular formula is C22H21O4P. The number of hydrogen-bond donors (Lipinski definition) is 0. The van der Waals surface area contributed by atoms with Crippen molar-refractivity contribution in [3.8, 4) is 5.75 Å². The minimum absolute atomic E-state index is 0.531. The number of methoxy groups -OCH3 is 2. The molecule has 0 saturated heterocycles. The van der Waals surface area contributed by atoms with E-state index in [1.807, 2.05) is 36.4 Å². The quantitative estimate of drug-likeness (QED) is 0.480. The number of esters is 1. The first kappa shape index (κ1) is 18.9. The molecule has 0 heterocycles. The van der Waals surface area contributed by atoms with Crippen LogP contribution in [0.4, 0.5) is 0 Å². The molecule has 3 aromatic carbocycles. The molecule has 3 aromatic rings. The molecule has 0 bridgehead atoms. The highest BCUT2D eigenvalue weighted by Crippen LogP contribution is 2.57. The molecular weight excluding hydrogens is 359 g/mol. The van der Waals surface area contributed by atoms with Crippen LogP contribution in [0.2, 0.25) is 0 Å². The second kappa shape index (κ2) is 8.24. The lowest BCUT2D eigenvalue weighted by Gasteiger charge is -2.27. The predicted molar refractivity (Wildman–Crippen MR) is 108 cm³/mol. The molecule has 0 aliphatic rings. The number of hydrogen-bond acceptors (Lipinski definition) is 4. The van der Waals surface area contributed by atoms with Crippen molar-refractivity contribution in [3.63, 3.8) is 0 Å². The summed E-state index contributed by atoms with van der Waals surface area (Å²) in [6, 6.07) is 25.3. The van der Waals surface area contributed by atoms with Crippen LogP contribution >= 0.6 is 7.14 Å². The van der Waals surface area contributed by atoms with Crippen molar-refractivity contribution in [1.82, 2.24) is 0 Å². The molecule has 3 rings (SSSR count). The highest BCUT2D eigenvalue weighted by Gasteiger charge is 2.43. The Hall–Kier alpha value is -2.84. The van der Waals surface area contributed by atoms with E-state index in [1.165, 1.54) is 7.11 Å². The van der Waals surface area contributed by atoms with E-state index in [9.17, 15) is 9.36 Å². The SMILES string of the molecule is COC(=O)C(c1ccc(OC)cc1)P(=O)(c1ccccc1)c1ccccc1. The monoisotopic (exact) mass is 380 g/mol. The minimum atomic E-state index is -3.37. The van der Waals surface area contributed by atoms with Gasteiger partial charge in [-0.2, -0.15) is 0 Å². The third-order valence-corrected chi connectivity index (χ3v) is 7.87. The molecule has 0 N–H and O–H groups in total. The topological polar surface area (TPSA) is 52.6 Å². The summed E-state index contributed by atoms with van der Waals surface area (Å²) in [7, 11) is -0.474. The van der Waals surface area contributed by atoms with Crippen molar-refractivity contribution in [2.45, 2.75) is 5.66 Å². The second-order valence-electron chi connectivity index (χ2n) is 6.03. The van der Waals surface area contributed by atoms with Gasteiger partial charge in [-0.05, 0) is 17.7 Å². The summed E-state index contributed by atoms with van der Waals surface area (Å²) in [6.45, 7) is 0. The molecule has 4 nitrogen and oxygen atoms in total. The first-order chi connectivity index (χ1) is 13.1. The van der Waals surface area contributed by atoms with Crippen LogP contribution in [0.5, 0.6) is 5.75 Å². The minimum Gasteiger partial charge on any atom is -0.497 e. The molecule has 1 atom stereocenters. The Balaban J connectivity index is 2.25. The van der Waals surface area contributed by atoms with Gasteiger partial charge in [0.05, 0.1) is 14.2 Å². The molecule has 0 aliphatic carbocycles. The molecule has 0 radical (unpaired) electrons. The highest BCUT2D eigenvalue weighted by atomic mass is 31.2. The van der Waals surface area contributed by atoms with E-state index in [0.717, 1.165) is 0 Å². The fraction of sp³-hybridized carbons (Fsp3) is 0.136. The molecule has 0 fully saturated rings. The van der Waals surface area contributed by atoms with Gasteiger partial charge in [0.2, 0.25) is 0 Å². The average molecular weight is 380 g/mol. The Kier molecular flexibility index (Phi) is 5.78. The lowest BCUT2D eigenvalue weighted by Crippen LogP contribution is -2.27. The van der Waals surface area contributed by atoms with Gasteiger partial charge in [0.1, 0.15) is 11.4 Å². The van der Waals surface area contributed by atoms with Crippen LogP contribution in [-0.2, 0) is 14.1 Å². The van der Waals surface area contributed by atoms with Gasteiger partial charge >= 0.3 is 5.97 Å².